The summed E-state index contributed by atoms with van der Waals surface area (Å²) in [5.41, 5.74) is 2.28. The van der Waals surface area contributed by atoms with E-state index >= 15 is 0 Å². The van der Waals surface area contributed by atoms with Crippen molar-refractivity contribution >= 4 is 17.7 Å². The minimum Gasteiger partial charge on any atom is -0.301 e. The number of nitrogens with one attached hydrogen (secondary N) is 1. The van der Waals surface area contributed by atoms with Crippen molar-refractivity contribution in [2.45, 2.75) is 19.0 Å². The molecule has 2 heterocycles. The number of rotatable bonds is 5. The normalized spacial score (nSPS) is 19.4. The number of hydrogen-bond acceptors (Lipinski definition) is 6. The van der Waals surface area contributed by atoms with Gasteiger partial charge < -0.3 is 4.90 Å². The van der Waals surface area contributed by atoms with Crippen molar-refractivity contribution in [1.82, 2.24) is 25.3 Å². The minimum absolute atomic E-state index is 0.247. The van der Waals surface area contributed by atoms with Crippen LogP contribution in [-0.4, -0.2) is 56.9 Å². The van der Waals surface area contributed by atoms with Gasteiger partial charge in [-0.1, -0.05) is 5.21 Å². The summed E-state index contributed by atoms with van der Waals surface area (Å²) in [7, 11) is 2.13. The fourth-order valence-electron chi connectivity index (χ4n) is 1.90. The van der Waals surface area contributed by atoms with E-state index < -0.39 is 5.91 Å². The smallest absolute Gasteiger partial charge is 0.287 e. The predicted octanol–water partition coefficient (Wildman–Crippen LogP) is -0.681. The molecule has 3 N–H and O–H groups in total. The molecule has 1 aliphatic rings. The zero-order valence-electron chi connectivity index (χ0n) is 10.4. The molecule has 1 fully saturated rings. The second kappa shape index (κ2) is 6.17. The van der Waals surface area contributed by atoms with Crippen LogP contribution >= 0.6 is 11.8 Å². The average molecular weight is 270 g/mol. The monoisotopic (exact) mass is 270 g/mol. The minimum atomic E-state index is -0.415. The number of thioether (sulfide) groups is 1. The molecule has 2 rings (SSSR count). The Bertz CT molecular complexity index is 403. The maximum atomic E-state index is 11.2. The van der Waals surface area contributed by atoms with Gasteiger partial charge in [0, 0.05) is 18.3 Å². The van der Waals surface area contributed by atoms with Gasteiger partial charge in [0.15, 0.2) is 5.69 Å². The fraction of sp³-hybridized carbons (Fsp3) is 0.700. The molecule has 1 aliphatic heterocycles. The SMILES string of the molecule is CN(CCn1cc(C(=O)NN)nn1)C1CCSC1. The van der Waals surface area contributed by atoms with Crippen molar-refractivity contribution in [2.24, 2.45) is 5.84 Å². The van der Waals surface area contributed by atoms with Gasteiger partial charge in [0.05, 0.1) is 12.7 Å². The Kier molecular flexibility index (Phi) is 4.56. The average Bonchev–Trinajstić information content (AvgIpc) is 3.05. The van der Waals surface area contributed by atoms with Crippen LogP contribution in [-0.2, 0) is 6.54 Å². The topological polar surface area (TPSA) is 89.1 Å². The van der Waals surface area contributed by atoms with Crippen molar-refractivity contribution in [2.75, 3.05) is 25.1 Å². The number of aromatic nitrogens is 3. The maximum absolute atomic E-state index is 11.2. The van der Waals surface area contributed by atoms with Crippen LogP contribution in [0.15, 0.2) is 6.20 Å². The molecule has 0 radical (unpaired) electrons. The zero-order chi connectivity index (χ0) is 13.0. The number of hydrazine groups is 1. The Morgan fingerprint density at radius 2 is 2.61 bits per heavy atom. The Morgan fingerprint density at radius 3 is 3.28 bits per heavy atom. The highest BCUT2D eigenvalue weighted by atomic mass is 32.2. The molecule has 0 spiro atoms. The van der Waals surface area contributed by atoms with Gasteiger partial charge in [0.25, 0.3) is 5.91 Å². The lowest BCUT2D eigenvalue weighted by Gasteiger charge is -2.22. The molecule has 0 aliphatic carbocycles. The lowest BCUT2D eigenvalue weighted by atomic mass is 10.2. The summed E-state index contributed by atoms with van der Waals surface area (Å²) in [4.78, 5) is 13.5. The molecule has 0 bridgehead atoms. The van der Waals surface area contributed by atoms with E-state index in [1.165, 1.54) is 17.9 Å². The number of nitrogens with zero attached hydrogens (tertiary/aromatic N) is 4. The molecule has 0 aromatic carbocycles. The third-order valence-corrected chi connectivity index (χ3v) is 4.26. The molecule has 0 saturated carbocycles. The van der Waals surface area contributed by atoms with Crippen LogP contribution in [0.25, 0.3) is 0 Å². The number of likely N-dealkylation sites (N-methyl/N-ethyl adjacent to an activating group) is 1. The first-order chi connectivity index (χ1) is 8.70. The Balaban J connectivity index is 1.82. The summed E-state index contributed by atoms with van der Waals surface area (Å²) in [6.07, 6.45) is 2.86. The van der Waals surface area contributed by atoms with Crippen molar-refractivity contribution in [3.05, 3.63) is 11.9 Å². The van der Waals surface area contributed by atoms with Gasteiger partial charge in [0.1, 0.15) is 0 Å². The van der Waals surface area contributed by atoms with Crippen LogP contribution < -0.4 is 11.3 Å². The molecular formula is C10H18N6OS. The third kappa shape index (κ3) is 3.21. The van der Waals surface area contributed by atoms with E-state index in [1.807, 2.05) is 17.2 Å². The van der Waals surface area contributed by atoms with Crippen LogP contribution in [0.5, 0.6) is 0 Å². The summed E-state index contributed by atoms with van der Waals surface area (Å²) in [5.74, 6) is 7.07. The van der Waals surface area contributed by atoms with Gasteiger partial charge in [-0.2, -0.15) is 11.8 Å². The number of amides is 1. The second-order valence-corrected chi connectivity index (χ2v) is 5.49. The first kappa shape index (κ1) is 13.3. The van der Waals surface area contributed by atoms with E-state index in [0.717, 1.165) is 13.1 Å². The Morgan fingerprint density at radius 1 is 1.78 bits per heavy atom. The Hall–Kier alpha value is -1.12. The first-order valence-corrected chi connectivity index (χ1v) is 7.05. The van der Waals surface area contributed by atoms with E-state index in [2.05, 4.69) is 22.3 Å². The lowest BCUT2D eigenvalue weighted by Crippen LogP contribution is -2.34. The second-order valence-electron chi connectivity index (χ2n) is 4.34. The van der Waals surface area contributed by atoms with E-state index in [9.17, 15) is 4.79 Å². The van der Waals surface area contributed by atoms with Gasteiger partial charge in [-0.05, 0) is 19.2 Å². The highest BCUT2D eigenvalue weighted by Crippen LogP contribution is 2.20. The zero-order valence-corrected chi connectivity index (χ0v) is 11.2. The number of carbonyl (C=O) groups excluding carboxylic acids is 1. The van der Waals surface area contributed by atoms with Crippen LogP contribution in [0.3, 0.4) is 0 Å². The van der Waals surface area contributed by atoms with Crippen molar-refractivity contribution in [1.29, 1.82) is 0 Å². The fourth-order valence-corrected chi connectivity index (χ4v) is 3.20. The summed E-state index contributed by atoms with van der Waals surface area (Å²) < 4.78 is 1.67. The van der Waals surface area contributed by atoms with Crippen LogP contribution in [0.1, 0.15) is 16.9 Å². The van der Waals surface area contributed by atoms with E-state index in [-0.39, 0.29) is 5.69 Å². The molecule has 1 saturated heterocycles. The van der Waals surface area contributed by atoms with E-state index in [0.29, 0.717) is 6.04 Å². The van der Waals surface area contributed by atoms with Gasteiger partial charge >= 0.3 is 0 Å². The standard InChI is InChI=1S/C10H18N6OS/c1-15(8-2-5-18-7-8)3-4-16-6-9(13-14-16)10(17)12-11/h6,8H,2-5,7,11H2,1H3,(H,12,17). The molecule has 1 unspecified atom stereocenters. The molecule has 1 aromatic rings. The maximum Gasteiger partial charge on any atom is 0.287 e. The van der Waals surface area contributed by atoms with Crippen LogP contribution in [0, 0.1) is 0 Å². The molecule has 8 heteroatoms. The molecule has 7 nitrogen and oxygen atoms in total. The van der Waals surface area contributed by atoms with Crippen LogP contribution in [0.2, 0.25) is 0 Å². The quantitative estimate of drug-likeness (QED) is 0.418. The number of nitrogen functional groups attached to an aromatic ring is 1. The van der Waals surface area contributed by atoms with E-state index in [1.54, 1.807) is 10.9 Å². The van der Waals surface area contributed by atoms with Crippen LogP contribution in [0.4, 0.5) is 0 Å². The molecular weight excluding hydrogens is 252 g/mol. The molecule has 100 valence electrons. The van der Waals surface area contributed by atoms with Gasteiger partial charge in [0.2, 0.25) is 0 Å². The van der Waals surface area contributed by atoms with Crippen molar-refractivity contribution < 1.29 is 4.79 Å². The summed E-state index contributed by atoms with van der Waals surface area (Å²) in [6.45, 7) is 1.63. The molecule has 1 amide bonds. The number of hydrogen-bond donors (Lipinski definition) is 2. The summed E-state index contributed by atoms with van der Waals surface area (Å²) >= 11 is 2.00. The van der Waals surface area contributed by atoms with Gasteiger partial charge in [-0.15, -0.1) is 5.10 Å². The molecule has 18 heavy (non-hydrogen) atoms. The van der Waals surface area contributed by atoms with Gasteiger partial charge in [-0.3, -0.25) is 14.9 Å². The largest absolute Gasteiger partial charge is 0.301 e. The lowest BCUT2D eigenvalue weighted by molar-refractivity contribution is 0.0948. The predicted molar refractivity (Wildman–Crippen MR) is 70.0 cm³/mol. The molecule has 1 aromatic heterocycles. The number of carbonyl (C=O) groups is 1. The van der Waals surface area contributed by atoms with Crippen molar-refractivity contribution in [3.63, 3.8) is 0 Å². The summed E-state index contributed by atoms with van der Waals surface area (Å²) in [5, 5.41) is 7.66. The van der Waals surface area contributed by atoms with Crippen molar-refractivity contribution in [3.8, 4) is 0 Å². The summed E-state index contributed by atoms with van der Waals surface area (Å²) in [6, 6.07) is 0.658. The highest BCUT2D eigenvalue weighted by Gasteiger charge is 2.19. The molecule has 1 atom stereocenters. The highest BCUT2D eigenvalue weighted by molar-refractivity contribution is 7.99. The van der Waals surface area contributed by atoms with E-state index in [4.69, 9.17) is 5.84 Å². The van der Waals surface area contributed by atoms with Gasteiger partial charge in [-0.25, -0.2) is 5.84 Å². The first-order valence-electron chi connectivity index (χ1n) is 5.89. The number of nitrogens with two attached hydrogens (primary N) is 1. The Labute approximate surface area is 110 Å². The third-order valence-electron chi connectivity index (χ3n) is 3.11.